The molecule has 1 heterocycles. The number of fused-ring (bicyclic) bond motifs is 1. The summed E-state index contributed by atoms with van der Waals surface area (Å²) >= 11 is 0. The first-order chi connectivity index (χ1) is 13.5. The number of benzene rings is 1. The second-order valence-corrected chi connectivity index (χ2v) is 7.00. The Morgan fingerprint density at radius 3 is 2.29 bits per heavy atom. The molecule has 0 aromatic heterocycles. The van der Waals surface area contributed by atoms with Crippen LogP contribution in [0.5, 0.6) is 0 Å². The molecule has 8 heteroatoms. The van der Waals surface area contributed by atoms with Gasteiger partial charge in [0.25, 0.3) is 5.91 Å². The lowest BCUT2D eigenvalue weighted by atomic mass is 9.81. The molecule has 0 bridgehead atoms. The molecule has 0 unspecified atom stereocenters. The molecule has 28 heavy (non-hydrogen) atoms. The first-order valence-corrected chi connectivity index (χ1v) is 9.26. The standard InChI is InChI=1S/C20H21N3O5/c21-10-9-13-5-7-14(8-6-13)22-17(24)12-28-18(25)11-23-19(26)15-3-1-2-4-16(15)20(23)27/h5-8,15-16H,1-4,9,11-12H2,(H,22,24)/t15-,16+. The number of esters is 1. The van der Waals surface area contributed by atoms with Crippen LogP contribution in [-0.2, 0) is 30.3 Å². The minimum atomic E-state index is -0.792. The number of nitriles is 1. The van der Waals surface area contributed by atoms with Crippen molar-refractivity contribution in [3.63, 3.8) is 0 Å². The Labute approximate surface area is 162 Å². The Kier molecular flexibility index (Phi) is 6.04. The van der Waals surface area contributed by atoms with Gasteiger partial charge >= 0.3 is 5.97 Å². The summed E-state index contributed by atoms with van der Waals surface area (Å²) in [6.45, 7) is -0.970. The van der Waals surface area contributed by atoms with Gasteiger partial charge < -0.3 is 10.1 Å². The molecule has 2 aliphatic rings. The van der Waals surface area contributed by atoms with Crippen molar-refractivity contribution in [3.8, 4) is 6.07 Å². The number of rotatable bonds is 6. The van der Waals surface area contributed by atoms with Crippen LogP contribution in [0, 0.1) is 23.2 Å². The summed E-state index contributed by atoms with van der Waals surface area (Å²) in [4.78, 5) is 49.5. The number of ether oxygens (including phenoxy) is 1. The van der Waals surface area contributed by atoms with Gasteiger partial charge in [-0.3, -0.25) is 24.1 Å². The number of nitrogens with zero attached hydrogens (tertiary/aromatic N) is 2. The Balaban J connectivity index is 1.46. The van der Waals surface area contributed by atoms with E-state index < -0.39 is 25.0 Å². The van der Waals surface area contributed by atoms with E-state index in [1.807, 2.05) is 6.07 Å². The Bertz CT molecular complexity index is 803. The van der Waals surface area contributed by atoms with Crippen molar-refractivity contribution in [2.75, 3.05) is 18.5 Å². The fraction of sp³-hybridized carbons (Fsp3) is 0.450. The van der Waals surface area contributed by atoms with Crippen LogP contribution >= 0.6 is 0 Å². The van der Waals surface area contributed by atoms with Gasteiger partial charge in [-0.05, 0) is 30.5 Å². The van der Waals surface area contributed by atoms with Gasteiger partial charge in [0.1, 0.15) is 6.54 Å². The van der Waals surface area contributed by atoms with Gasteiger partial charge in [-0.15, -0.1) is 0 Å². The minimum Gasteiger partial charge on any atom is -0.454 e. The molecule has 1 aromatic carbocycles. The van der Waals surface area contributed by atoms with E-state index in [1.54, 1.807) is 24.3 Å². The smallest absolute Gasteiger partial charge is 0.326 e. The van der Waals surface area contributed by atoms with Crippen molar-refractivity contribution >= 4 is 29.4 Å². The number of carbonyl (C=O) groups is 4. The van der Waals surface area contributed by atoms with Crippen molar-refractivity contribution in [3.05, 3.63) is 29.8 Å². The predicted octanol–water partition coefficient (Wildman–Crippen LogP) is 1.41. The van der Waals surface area contributed by atoms with Crippen molar-refractivity contribution in [2.24, 2.45) is 11.8 Å². The third-order valence-corrected chi connectivity index (χ3v) is 5.10. The Morgan fingerprint density at radius 1 is 1.11 bits per heavy atom. The van der Waals surface area contributed by atoms with E-state index in [1.165, 1.54) is 0 Å². The summed E-state index contributed by atoms with van der Waals surface area (Å²) in [5.41, 5.74) is 1.34. The van der Waals surface area contributed by atoms with Crippen molar-refractivity contribution in [1.82, 2.24) is 4.90 Å². The van der Waals surface area contributed by atoms with Crippen LogP contribution < -0.4 is 5.32 Å². The molecule has 1 N–H and O–H groups in total. The van der Waals surface area contributed by atoms with Gasteiger partial charge in [0, 0.05) is 5.69 Å². The summed E-state index contributed by atoms with van der Waals surface area (Å²) in [6, 6.07) is 8.76. The van der Waals surface area contributed by atoms with Crippen LogP contribution in [0.3, 0.4) is 0 Å². The quantitative estimate of drug-likeness (QED) is 0.586. The van der Waals surface area contributed by atoms with Crippen LogP contribution in [0.2, 0.25) is 0 Å². The summed E-state index contributed by atoms with van der Waals surface area (Å²) < 4.78 is 4.91. The third kappa shape index (κ3) is 4.36. The van der Waals surface area contributed by atoms with E-state index in [4.69, 9.17) is 10.00 Å². The van der Waals surface area contributed by atoms with Crippen molar-refractivity contribution in [1.29, 1.82) is 5.26 Å². The molecule has 1 saturated heterocycles. The molecule has 146 valence electrons. The maximum atomic E-state index is 12.3. The van der Waals surface area contributed by atoms with E-state index in [0.717, 1.165) is 23.3 Å². The van der Waals surface area contributed by atoms with Gasteiger partial charge in [0.05, 0.1) is 24.3 Å². The van der Waals surface area contributed by atoms with E-state index in [-0.39, 0.29) is 30.1 Å². The van der Waals surface area contributed by atoms with Crippen LogP contribution in [0.1, 0.15) is 31.2 Å². The number of anilines is 1. The molecule has 1 aliphatic heterocycles. The summed E-state index contributed by atoms with van der Waals surface area (Å²) in [7, 11) is 0. The summed E-state index contributed by atoms with van der Waals surface area (Å²) in [6.07, 6.45) is 3.46. The maximum absolute atomic E-state index is 12.3. The lowest BCUT2D eigenvalue weighted by Crippen LogP contribution is -2.37. The highest BCUT2D eigenvalue weighted by molar-refractivity contribution is 6.07. The molecule has 8 nitrogen and oxygen atoms in total. The zero-order valence-corrected chi connectivity index (χ0v) is 15.3. The minimum absolute atomic E-state index is 0.279. The number of imide groups is 1. The second kappa shape index (κ2) is 8.65. The van der Waals surface area contributed by atoms with Gasteiger partial charge in [0.15, 0.2) is 6.61 Å². The van der Waals surface area contributed by atoms with E-state index >= 15 is 0 Å². The average molecular weight is 383 g/mol. The number of hydrogen-bond donors (Lipinski definition) is 1. The fourth-order valence-corrected chi connectivity index (χ4v) is 3.70. The van der Waals surface area contributed by atoms with Crippen LogP contribution in [0.15, 0.2) is 24.3 Å². The first kappa shape index (κ1) is 19.5. The van der Waals surface area contributed by atoms with Crippen LogP contribution in [-0.4, -0.2) is 41.7 Å². The lowest BCUT2D eigenvalue weighted by molar-refractivity contribution is -0.154. The molecule has 3 rings (SSSR count). The molecule has 2 atom stereocenters. The molecule has 3 amide bonds. The van der Waals surface area contributed by atoms with E-state index in [0.29, 0.717) is 18.5 Å². The maximum Gasteiger partial charge on any atom is 0.326 e. The highest BCUT2D eigenvalue weighted by Crippen LogP contribution is 2.37. The zero-order chi connectivity index (χ0) is 20.1. The van der Waals surface area contributed by atoms with E-state index in [2.05, 4.69) is 5.32 Å². The number of hydrogen-bond acceptors (Lipinski definition) is 6. The number of likely N-dealkylation sites (tertiary alicyclic amines) is 1. The summed E-state index contributed by atoms with van der Waals surface area (Å²) in [5, 5.41) is 11.2. The molecular weight excluding hydrogens is 362 g/mol. The number of amides is 3. The lowest BCUT2D eigenvalue weighted by Gasteiger charge is -2.19. The molecule has 1 aromatic rings. The monoisotopic (exact) mass is 383 g/mol. The predicted molar refractivity (Wildman–Crippen MR) is 97.5 cm³/mol. The van der Waals surface area contributed by atoms with E-state index in [9.17, 15) is 19.2 Å². The average Bonchev–Trinajstić information content (AvgIpc) is 2.93. The largest absolute Gasteiger partial charge is 0.454 e. The van der Waals surface area contributed by atoms with Gasteiger partial charge in [-0.25, -0.2) is 0 Å². The molecule has 1 aliphatic carbocycles. The van der Waals surface area contributed by atoms with Crippen LogP contribution in [0.4, 0.5) is 5.69 Å². The SMILES string of the molecule is N#CCc1ccc(NC(=O)COC(=O)CN2C(=O)[C@H]3CCCC[C@H]3C2=O)cc1. The normalized spacial score (nSPS) is 21.0. The third-order valence-electron chi connectivity index (χ3n) is 5.10. The zero-order valence-electron chi connectivity index (χ0n) is 15.3. The topological polar surface area (TPSA) is 117 Å². The van der Waals surface area contributed by atoms with Gasteiger partial charge in [-0.1, -0.05) is 25.0 Å². The van der Waals surface area contributed by atoms with Crippen molar-refractivity contribution < 1.29 is 23.9 Å². The molecule has 0 spiro atoms. The van der Waals surface area contributed by atoms with Gasteiger partial charge in [0.2, 0.25) is 11.8 Å². The fourth-order valence-electron chi connectivity index (χ4n) is 3.70. The number of carbonyl (C=O) groups excluding carboxylic acids is 4. The molecule has 0 radical (unpaired) electrons. The highest BCUT2D eigenvalue weighted by atomic mass is 16.5. The van der Waals surface area contributed by atoms with Gasteiger partial charge in [-0.2, -0.15) is 5.26 Å². The molecule has 1 saturated carbocycles. The first-order valence-electron chi connectivity index (χ1n) is 9.26. The Morgan fingerprint density at radius 2 is 1.71 bits per heavy atom. The summed E-state index contributed by atoms with van der Waals surface area (Å²) in [5.74, 6) is -2.58. The molecular formula is C20H21N3O5. The van der Waals surface area contributed by atoms with Crippen molar-refractivity contribution in [2.45, 2.75) is 32.1 Å². The second-order valence-electron chi connectivity index (χ2n) is 7.00. The number of nitrogens with one attached hydrogen (secondary N) is 1. The molecule has 2 fully saturated rings. The van der Waals surface area contributed by atoms with Crippen LogP contribution in [0.25, 0.3) is 0 Å². The highest BCUT2D eigenvalue weighted by Gasteiger charge is 2.48. The Hall–Kier alpha value is -3.21.